The zero-order chi connectivity index (χ0) is 23.7. The molecular weight excluding hydrogens is 430 g/mol. The molecule has 3 aromatic carbocycles. The molecule has 7 nitrogen and oxygen atoms in total. The molecule has 0 radical (unpaired) electrons. The molecule has 3 aromatic rings. The van der Waals surface area contributed by atoms with E-state index in [4.69, 9.17) is 9.47 Å². The SMILES string of the molecule is COc1cccc2c1OC1(C)CC2NC(=O)N1c1ccc(C(=O)NCCc2ccccc2)cc1. The number of rotatable bonds is 6. The summed E-state index contributed by atoms with van der Waals surface area (Å²) in [5, 5.41) is 6.03. The molecule has 2 bridgehead atoms. The molecule has 0 saturated carbocycles. The van der Waals surface area contributed by atoms with Crippen LogP contribution in [0.2, 0.25) is 0 Å². The summed E-state index contributed by atoms with van der Waals surface area (Å²) in [6.07, 6.45) is 1.35. The van der Waals surface area contributed by atoms with Gasteiger partial charge in [0.05, 0.1) is 13.2 Å². The molecule has 0 spiro atoms. The highest BCUT2D eigenvalue weighted by Crippen LogP contribution is 2.48. The van der Waals surface area contributed by atoms with E-state index in [1.54, 1.807) is 36.3 Å². The van der Waals surface area contributed by atoms with Crippen molar-refractivity contribution in [1.29, 1.82) is 0 Å². The molecule has 2 atom stereocenters. The highest BCUT2D eigenvalue weighted by Gasteiger charge is 2.50. The van der Waals surface area contributed by atoms with Gasteiger partial charge in [0, 0.05) is 29.8 Å². The highest BCUT2D eigenvalue weighted by atomic mass is 16.5. The molecule has 1 saturated heterocycles. The number of urea groups is 1. The molecular formula is C27H27N3O4. The van der Waals surface area contributed by atoms with Crippen LogP contribution < -0.4 is 25.0 Å². The molecule has 2 aliphatic heterocycles. The summed E-state index contributed by atoms with van der Waals surface area (Å²) in [6, 6.07) is 22.3. The first kappa shape index (κ1) is 21.8. The normalized spacial score (nSPS) is 20.6. The van der Waals surface area contributed by atoms with Gasteiger partial charge in [0.15, 0.2) is 17.2 Å². The van der Waals surface area contributed by atoms with Crippen LogP contribution in [0.1, 0.15) is 40.9 Å². The first-order chi connectivity index (χ1) is 16.5. The first-order valence-electron chi connectivity index (χ1n) is 11.4. The third kappa shape index (κ3) is 3.94. The summed E-state index contributed by atoms with van der Waals surface area (Å²) in [7, 11) is 1.60. The maximum absolute atomic E-state index is 13.1. The maximum Gasteiger partial charge on any atom is 0.325 e. The van der Waals surface area contributed by atoms with Gasteiger partial charge in [-0.15, -0.1) is 0 Å². The molecule has 174 valence electrons. The third-order valence-corrected chi connectivity index (χ3v) is 6.41. The fourth-order valence-electron chi connectivity index (χ4n) is 4.74. The molecule has 2 unspecified atom stereocenters. The lowest BCUT2D eigenvalue weighted by molar-refractivity contribution is 0.0349. The summed E-state index contributed by atoms with van der Waals surface area (Å²) in [5.74, 6) is 1.12. The van der Waals surface area contributed by atoms with E-state index in [1.807, 2.05) is 55.5 Å². The predicted molar refractivity (Wildman–Crippen MR) is 129 cm³/mol. The largest absolute Gasteiger partial charge is 0.493 e. The summed E-state index contributed by atoms with van der Waals surface area (Å²) < 4.78 is 11.9. The zero-order valence-corrected chi connectivity index (χ0v) is 19.2. The fourth-order valence-corrected chi connectivity index (χ4v) is 4.74. The quantitative estimate of drug-likeness (QED) is 0.574. The van der Waals surface area contributed by atoms with Gasteiger partial charge in [-0.1, -0.05) is 42.5 Å². The molecule has 2 N–H and O–H groups in total. The molecule has 1 fully saturated rings. The molecule has 2 heterocycles. The van der Waals surface area contributed by atoms with Gasteiger partial charge < -0.3 is 20.1 Å². The number of fused-ring (bicyclic) bond motifs is 4. The second kappa shape index (κ2) is 8.74. The van der Waals surface area contributed by atoms with Crippen LogP contribution >= 0.6 is 0 Å². The summed E-state index contributed by atoms with van der Waals surface area (Å²) >= 11 is 0. The van der Waals surface area contributed by atoms with E-state index in [2.05, 4.69) is 10.6 Å². The van der Waals surface area contributed by atoms with Crippen molar-refractivity contribution in [2.24, 2.45) is 0 Å². The van der Waals surface area contributed by atoms with E-state index in [9.17, 15) is 9.59 Å². The number of para-hydroxylation sites is 1. The van der Waals surface area contributed by atoms with Gasteiger partial charge in [-0.05, 0) is 49.2 Å². The van der Waals surface area contributed by atoms with E-state index in [0.29, 0.717) is 35.7 Å². The van der Waals surface area contributed by atoms with Crippen LogP contribution in [0.3, 0.4) is 0 Å². The minimum Gasteiger partial charge on any atom is -0.493 e. The number of carbonyl (C=O) groups is 2. The van der Waals surface area contributed by atoms with Crippen LogP contribution in [0, 0.1) is 0 Å². The monoisotopic (exact) mass is 457 g/mol. The second-order valence-corrected chi connectivity index (χ2v) is 8.74. The minimum absolute atomic E-state index is 0.149. The Morgan fingerprint density at radius 1 is 1.12 bits per heavy atom. The smallest absolute Gasteiger partial charge is 0.325 e. The van der Waals surface area contributed by atoms with E-state index >= 15 is 0 Å². The highest BCUT2D eigenvalue weighted by molar-refractivity contribution is 5.97. The standard InChI is InChI=1S/C27H27N3O4/c1-27-17-22(21-9-6-10-23(33-2)24(21)34-27)29-26(32)30(27)20-13-11-19(12-14-20)25(31)28-16-15-18-7-4-3-5-8-18/h3-14,22H,15-17H2,1-2H3,(H,28,31)(H,29,32). The Labute approximate surface area is 198 Å². The number of hydrogen-bond acceptors (Lipinski definition) is 4. The number of nitrogens with one attached hydrogen (secondary N) is 2. The van der Waals surface area contributed by atoms with E-state index in [1.165, 1.54) is 5.56 Å². The molecule has 5 rings (SSSR count). The first-order valence-corrected chi connectivity index (χ1v) is 11.4. The van der Waals surface area contributed by atoms with Crippen LogP contribution in [0.5, 0.6) is 11.5 Å². The van der Waals surface area contributed by atoms with Crippen molar-refractivity contribution in [3.8, 4) is 11.5 Å². The van der Waals surface area contributed by atoms with Crippen LogP contribution in [0.25, 0.3) is 0 Å². The average Bonchev–Trinajstić information content (AvgIpc) is 2.84. The van der Waals surface area contributed by atoms with E-state index in [-0.39, 0.29) is 18.0 Å². The molecule has 0 aromatic heterocycles. The summed E-state index contributed by atoms with van der Waals surface area (Å²) in [5.41, 5.74) is 2.37. The van der Waals surface area contributed by atoms with Crippen molar-refractivity contribution in [1.82, 2.24) is 10.6 Å². The summed E-state index contributed by atoms with van der Waals surface area (Å²) in [6.45, 7) is 2.45. The van der Waals surface area contributed by atoms with Gasteiger partial charge >= 0.3 is 6.03 Å². The lowest BCUT2D eigenvalue weighted by Gasteiger charge is -2.50. The number of amides is 3. The molecule has 7 heteroatoms. The third-order valence-electron chi connectivity index (χ3n) is 6.41. The van der Waals surface area contributed by atoms with Crippen molar-refractivity contribution < 1.29 is 19.1 Å². The van der Waals surface area contributed by atoms with Crippen molar-refractivity contribution in [3.05, 3.63) is 89.5 Å². The number of benzene rings is 3. The molecule has 34 heavy (non-hydrogen) atoms. The maximum atomic E-state index is 13.1. The van der Waals surface area contributed by atoms with Gasteiger partial charge in [-0.2, -0.15) is 0 Å². The number of hydrogen-bond donors (Lipinski definition) is 2. The van der Waals surface area contributed by atoms with Crippen LogP contribution in [0.4, 0.5) is 10.5 Å². The van der Waals surface area contributed by atoms with Crippen molar-refractivity contribution >= 4 is 17.6 Å². The predicted octanol–water partition coefficient (Wildman–Crippen LogP) is 4.44. The lowest BCUT2D eigenvalue weighted by atomic mass is 9.90. The van der Waals surface area contributed by atoms with Crippen LogP contribution in [-0.4, -0.2) is 31.3 Å². The van der Waals surface area contributed by atoms with E-state index in [0.717, 1.165) is 12.0 Å². The Morgan fingerprint density at radius 2 is 1.88 bits per heavy atom. The number of ether oxygens (including phenoxy) is 2. The van der Waals surface area contributed by atoms with Gasteiger partial charge in [0.25, 0.3) is 5.91 Å². The van der Waals surface area contributed by atoms with Crippen molar-refractivity contribution in [3.63, 3.8) is 0 Å². The van der Waals surface area contributed by atoms with Gasteiger partial charge in [-0.25, -0.2) is 4.79 Å². The van der Waals surface area contributed by atoms with Gasteiger partial charge in [0.1, 0.15) is 0 Å². The van der Waals surface area contributed by atoms with Gasteiger partial charge in [-0.3, -0.25) is 9.69 Å². The van der Waals surface area contributed by atoms with Crippen LogP contribution in [-0.2, 0) is 6.42 Å². The van der Waals surface area contributed by atoms with Crippen LogP contribution in [0.15, 0.2) is 72.8 Å². The van der Waals surface area contributed by atoms with E-state index < -0.39 is 5.72 Å². The molecule has 3 amide bonds. The summed E-state index contributed by atoms with van der Waals surface area (Å²) in [4.78, 5) is 27.3. The Kier molecular flexibility index (Phi) is 5.61. The van der Waals surface area contributed by atoms with Gasteiger partial charge in [0.2, 0.25) is 0 Å². The van der Waals surface area contributed by atoms with Crippen molar-refractivity contribution in [2.45, 2.75) is 31.5 Å². The topological polar surface area (TPSA) is 79.9 Å². The zero-order valence-electron chi connectivity index (χ0n) is 19.2. The average molecular weight is 458 g/mol. The Morgan fingerprint density at radius 3 is 2.62 bits per heavy atom. The Bertz CT molecular complexity index is 1210. The number of anilines is 1. The number of methoxy groups -OCH3 is 1. The number of nitrogens with zero attached hydrogens (tertiary/aromatic N) is 1. The Hall–Kier alpha value is -4.00. The molecule has 0 aliphatic carbocycles. The number of carbonyl (C=O) groups excluding carboxylic acids is 2. The Balaban J connectivity index is 1.32. The van der Waals surface area contributed by atoms with Crippen molar-refractivity contribution in [2.75, 3.05) is 18.6 Å². The molecule has 2 aliphatic rings. The lowest BCUT2D eigenvalue weighted by Crippen LogP contribution is -2.65. The second-order valence-electron chi connectivity index (χ2n) is 8.74. The minimum atomic E-state index is -0.895. The fraction of sp³-hybridized carbons (Fsp3) is 0.259.